The van der Waals surface area contributed by atoms with Crippen molar-refractivity contribution in [2.45, 2.75) is 98.6 Å². The minimum Gasteiger partial charge on any atom is -0.480 e. The van der Waals surface area contributed by atoms with Crippen molar-refractivity contribution in [3.63, 3.8) is 0 Å². The summed E-state index contributed by atoms with van der Waals surface area (Å²) in [6, 6.07) is 5.22. The molecule has 0 saturated carbocycles. The van der Waals surface area contributed by atoms with Crippen LogP contribution in [0.2, 0.25) is 0 Å². The molecule has 0 aliphatic rings. The van der Waals surface area contributed by atoms with Gasteiger partial charge in [0.25, 0.3) is 0 Å². The van der Waals surface area contributed by atoms with Crippen molar-refractivity contribution in [2.24, 2.45) is 38.7 Å². The lowest BCUT2D eigenvalue weighted by Crippen LogP contribution is -2.61. The number of nitrogens with zero attached hydrogens (tertiary/aromatic N) is 3. The van der Waals surface area contributed by atoms with Crippen molar-refractivity contribution in [2.75, 3.05) is 24.6 Å². The van der Waals surface area contributed by atoms with E-state index in [4.69, 9.17) is 28.7 Å². The average molecular weight is 1160 g/mol. The van der Waals surface area contributed by atoms with Gasteiger partial charge in [0.05, 0.1) is 18.9 Å². The molecule has 9 atom stereocenters. The van der Waals surface area contributed by atoms with Crippen LogP contribution in [-0.4, -0.2) is 157 Å². The van der Waals surface area contributed by atoms with Gasteiger partial charge in [-0.1, -0.05) is 64.5 Å². The van der Waals surface area contributed by atoms with Gasteiger partial charge in [-0.25, -0.2) is 9.78 Å². The molecule has 2 heterocycles. The zero-order valence-electron chi connectivity index (χ0n) is 41.4. The number of benzene rings is 2. The Labute approximate surface area is 456 Å². The predicted octanol–water partition coefficient (Wildman–Crippen LogP) is -2.92. The van der Waals surface area contributed by atoms with Crippen molar-refractivity contribution in [1.82, 2.24) is 52.2 Å². The van der Waals surface area contributed by atoms with Gasteiger partial charge in [-0.15, -0.1) is 0 Å². The summed E-state index contributed by atoms with van der Waals surface area (Å²) in [6.07, 6.45) is 4.43. The van der Waals surface area contributed by atoms with Crippen LogP contribution in [-0.2, 0) is 57.6 Å². The number of nitrogens with two attached hydrogens (primary N) is 5. The Morgan fingerprint density at radius 3 is 1.80 bits per heavy atom. The van der Waals surface area contributed by atoms with Crippen LogP contribution in [0.1, 0.15) is 43.0 Å². The zero-order chi connectivity index (χ0) is 55.9. The lowest BCUT2D eigenvalue weighted by molar-refractivity contribution is -0.141. The summed E-state index contributed by atoms with van der Waals surface area (Å²) in [5.74, 6) is -7.84. The van der Waals surface area contributed by atoms with Gasteiger partial charge in [0.1, 0.15) is 42.3 Å². The Bertz CT molecular complexity index is 2650. The second-order valence-electron chi connectivity index (χ2n) is 17.5. The number of nitrogens with one attached hydrogen (secondary N) is 9. The minimum atomic E-state index is -1.46. The number of hydrogen-bond acceptors (Lipinski definition) is 14. The Morgan fingerprint density at radius 2 is 1.20 bits per heavy atom. The standard InChI is InChI=1S/C47H66BrN17O9S2/c1-24(59-44(72)36(21-75)64-39(67)30(49)11-7-13-55-46(50)51)38(66)60-35(17-28-20-54-23-58-28)43(71)61-32(14-25-8-3-2-4-9-25)40(68)63-34(16-27(48)19-57-47(52)53)42(70)62-33(41(69)65-37(22-76)45(73)74)15-26-18-56-31-12-6-5-10-29(26)31/h2-6,8-10,12,18,20,23-24,27,30,32-37,56,75-76H,7,11,13-17,19,21-22,49H2,1H3,(H,54,58)(H,59,72)(H,60,66)(H,61,71)(H,62,70)(H,63,68)(H,64,67)(H,65,69)(H,73,74)(H4,50,51,55)(H4,52,53,57)/t24-,27?,30+,32-,33+,34+,35+,36+,37+/m1/s1. The predicted molar refractivity (Wildman–Crippen MR) is 295 cm³/mol. The number of aliphatic carboxylic acids is 1. The van der Waals surface area contributed by atoms with Gasteiger partial charge in [-0.2, -0.15) is 25.3 Å². The van der Waals surface area contributed by atoms with Crippen molar-refractivity contribution in [3.05, 3.63) is 90.1 Å². The molecule has 7 amide bonds. The topological polar surface area (TPSA) is 440 Å². The summed E-state index contributed by atoms with van der Waals surface area (Å²) in [6.45, 7) is 1.54. The normalized spacial score (nSPS) is 14.6. The fraction of sp³-hybridized carbons (Fsp3) is 0.426. The number of aromatic amines is 2. The van der Waals surface area contributed by atoms with E-state index < -0.39 is 100 Å². The molecule has 4 aromatic rings. The first-order valence-corrected chi connectivity index (χ1v) is 26.0. The molecule has 0 radical (unpaired) electrons. The van der Waals surface area contributed by atoms with E-state index in [0.717, 1.165) is 10.9 Å². The summed E-state index contributed by atoms with van der Waals surface area (Å²) in [5, 5.41) is 28.7. The van der Waals surface area contributed by atoms with Gasteiger partial charge in [-0.3, -0.25) is 43.5 Å². The number of hydrogen-bond donors (Lipinski definition) is 17. The van der Waals surface area contributed by atoms with Gasteiger partial charge in [0.15, 0.2) is 11.9 Å². The fourth-order valence-electron chi connectivity index (χ4n) is 7.45. The molecule has 26 nitrogen and oxygen atoms in total. The monoisotopic (exact) mass is 1160 g/mol. The number of rotatable bonds is 31. The van der Waals surface area contributed by atoms with Crippen LogP contribution >= 0.6 is 41.2 Å². The van der Waals surface area contributed by atoms with Crippen LogP contribution in [0, 0.1) is 0 Å². The third-order valence-electron chi connectivity index (χ3n) is 11.5. The molecule has 0 spiro atoms. The van der Waals surface area contributed by atoms with Gasteiger partial charge in [0, 0.05) is 71.1 Å². The maximum Gasteiger partial charge on any atom is 0.327 e. The molecular formula is C47H66BrN17O9S2. The third-order valence-corrected chi connectivity index (χ3v) is 12.9. The van der Waals surface area contributed by atoms with Gasteiger partial charge in [0.2, 0.25) is 41.4 Å². The lowest BCUT2D eigenvalue weighted by Gasteiger charge is -2.28. The first kappa shape index (κ1) is 61.2. The number of carbonyl (C=O) groups is 8. The van der Waals surface area contributed by atoms with Crippen LogP contribution < -0.4 is 65.9 Å². The number of guanidine groups is 2. The molecule has 29 heteroatoms. The molecule has 0 saturated heterocycles. The van der Waals surface area contributed by atoms with Crippen molar-refractivity contribution < 1.29 is 43.5 Å². The Hall–Kier alpha value is -7.37. The smallest absolute Gasteiger partial charge is 0.327 e. The van der Waals surface area contributed by atoms with Crippen molar-refractivity contribution in [3.8, 4) is 0 Å². The highest BCUT2D eigenvalue weighted by Gasteiger charge is 2.35. The van der Waals surface area contributed by atoms with Gasteiger partial charge < -0.3 is 81.0 Å². The molecule has 0 aliphatic carbocycles. The van der Waals surface area contributed by atoms with E-state index >= 15 is 0 Å². The number of carboxylic acids is 1. The van der Waals surface area contributed by atoms with E-state index in [1.165, 1.54) is 19.4 Å². The highest BCUT2D eigenvalue weighted by atomic mass is 79.9. The summed E-state index contributed by atoms with van der Waals surface area (Å²) >= 11 is 11.7. The summed E-state index contributed by atoms with van der Waals surface area (Å²) in [5.41, 5.74) is 30.2. The molecule has 4 rings (SSSR count). The zero-order valence-corrected chi connectivity index (χ0v) is 44.8. The van der Waals surface area contributed by atoms with Crippen LogP contribution in [0.15, 0.2) is 83.3 Å². The second kappa shape index (κ2) is 30.9. The number of thiol groups is 2. The molecule has 1 unspecified atom stereocenters. The maximum atomic E-state index is 14.7. The first-order valence-electron chi connectivity index (χ1n) is 23.8. The number of H-pyrrole nitrogens is 2. The largest absolute Gasteiger partial charge is 0.480 e. The summed E-state index contributed by atoms with van der Waals surface area (Å²) in [7, 11) is 0. The minimum absolute atomic E-state index is 0.0532. The highest BCUT2D eigenvalue weighted by Crippen LogP contribution is 2.20. The molecule has 2 aromatic carbocycles. The quantitative estimate of drug-likeness (QED) is 0.00790. The number of alkyl halides is 1. The van der Waals surface area contributed by atoms with Crippen LogP contribution in [0.3, 0.4) is 0 Å². The Morgan fingerprint density at radius 1 is 0.658 bits per heavy atom. The number of halogens is 1. The van der Waals surface area contributed by atoms with Crippen molar-refractivity contribution >= 4 is 111 Å². The van der Waals surface area contributed by atoms with E-state index in [0.29, 0.717) is 23.2 Å². The summed E-state index contributed by atoms with van der Waals surface area (Å²) < 4.78 is 0. The van der Waals surface area contributed by atoms with Crippen LogP contribution in [0.25, 0.3) is 10.9 Å². The summed E-state index contributed by atoms with van der Waals surface area (Å²) in [4.78, 5) is 127. The number of para-hydroxylation sites is 1. The number of amides is 7. The molecule has 0 aliphatic heterocycles. The number of fused-ring (bicyclic) bond motifs is 1. The SMILES string of the molecule is C[C@@H](NC(=O)[C@H](CS)NC(=O)[C@@H](N)CCCN=C(N)N)C(=O)N[C@@H](Cc1cnc[nH]1)C(=O)N[C@H](Cc1ccccc1)C(=O)N[C@@H](CC(Br)CN=C(N)N)C(=O)N[C@@H](Cc1c[nH]c2ccccc12)C(=O)N[C@@H](CS)C(=O)O. The molecule has 0 fully saturated rings. The van der Waals surface area contributed by atoms with Crippen molar-refractivity contribution in [1.29, 1.82) is 0 Å². The lowest BCUT2D eigenvalue weighted by atomic mass is 10.0. The first-order chi connectivity index (χ1) is 36.2. The molecule has 2 aromatic heterocycles. The molecular weight excluding hydrogens is 1090 g/mol. The molecule has 20 N–H and O–H groups in total. The second-order valence-corrected chi connectivity index (χ2v) is 19.5. The molecule has 0 bridgehead atoms. The maximum absolute atomic E-state index is 14.7. The van der Waals surface area contributed by atoms with E-state index in [1.807, 2.05) is 18.2 Å². The average Bonchev–Trinajstić information content (AvgIpc) is 4.06. The van der Waals surface area contributed by atoms with E-state index in [2.05, 4.69) is 103 Å². The van der Waals surface area contributed by atoms with E-state index in [1.54, 1.807) is 42.6 Å². The Balaban J connectivity index is 1.60. The third kappa shape index (κ3) is 20.1. The number of carbonyl (C=O) groups excluding carboxylic acids is 7. The van der Waals surface area contributed by atoms with E-state index in [-0.39, 0.29) is 68.6 Å². The molecule has 76 heavy (non-hydrogen) atoms. The number of carboxylic acid groups (broad SMARTS) is 1. The van der Waals surface area contributed by atoms with Gasteiger partial charge in [-0.05, 0) is 43.4 Å². The van der Waals surface area contributed by atoms with Gasteiger partial charge >= 0.3 is 5.97 Å². The fourth-order valence-corrected chi connectivity index (χ4v) is 8.48. The molecule has 412 valence electrons. The van der Waals surface area contributed by atoms with E-state index in [9.17, 15) is 43.5 Å². The Kier molecular flexibility index (Phi) is 24.8. The van der Waals surface area contributed by atoms with Crippen LogP contribution in [0.5, 0.6) is 0 Å². The number of aliphatic imine (C=N–C) groups is 2. The number of aromatic nitrogens is 3. The van der Waals surface area contributed by atoms with Crippen LogP contribution in [0.4, 0.5) is 0 Å². The highest BCUT2D eigenvalue weighted by molar-refractivity contribution is 9.09. The number of imidazole rings is 1.